The van der Waals surface area contributed by atoms with Crippen molar-refractivity contribution in [2.45, 2.75) is 38.6 Å². The van der Waals surface area contributed by atoms with Crippen molar-refractivity contribution in [2.75, 3.05) is 12.0 Å². The molecule has 0 unspecified atom stereocenters. The topological polar surface area (TPSA) is 98.3 Å². The molecule has 8 heteroatoms. The minimum atomic E-state index is -1.38. The van der Waals surface area contributed by atoms with E-state index in [2.05, 4.69) is 31.4 Å². The quantitative estimate of drug-likeness (QED) is 0.528. The van der Waals surface area contributed by atoms with Gasteiger partial charge >= 0.3 is 0 Å². The first kappa shape index (κ1) is 26.5. The second-order valence-electron chi connectivity index (χ2n) is 8.52. The first-order valence-electron chi connectivity index (χ1n) is 10.4. The Hall–Kier alpha value is -2.77. The number of carboxylic acids is 1. The van der Waals surface area contributed by atoms with Gasteiger partial charge in [-0.1, -0.05) is 56.6 Å². The van der Waals surface area contributed by atoms with Crippen molar-refractivity contribution in [3.63, 3.8) is 0 Å². The van der Waals surface area contributed by atoms with E-state index in [4.69, 9.17) is 11.6 Å². The van der Waals surface area contributed by atoms with Crippen molar-refractivity contribution in [3.8, 4) is 0 Å². The number of hydrogen-bond acceptors (Lipinski definition) is 5. The molecule has 0 heterocycles. The van der Waals surface area contributed by atoms with Crippen LogP contribution in [-0.2, 0) is 15.0 Å². The summed E-state index contributed by atoms with van der Waals surface area (Å²) in [6, 6.07) is 12.6. The highest BCUT2D eigenvalue weighted by atomic mass is 35.5. The highest BCUT2D eigenvalue weighted by molar-refractivity contribution is 7.98. The Morgan fingerprint density at radius 3 is 2.18 bits per heavy atom. The maximum absolute atomic E-state index is 12.9. The van der Waals surface area contributed by atoms with Gasteiger partial charge in [0, 0.05) is 10.6 Å². The maximum atomic E-state index is 12.9. The summed E-state index contributed by atoms with van der Waals surface area (Å²) in [6.45, 7) is 6.22. The molecule has 1 atom stereocenters. The average Bonchev–Trinajstić information content (AvgIpc) is 2.76. The van der Waals surface area contributed by atoms with Crippen LogP contribution >= 0.6 is 23.4 Å². The van der Waals surface area contributed by atoms with Gasteiger partial charge in [-0.05, 0) is 65.3 Å². The molecule has 2 amide bonds. The van der Waals surface area contributed by atoms with Crippen molar-refractivity contribution in [2.24, 2.45) is 0 Å². The lowest BCUT2D eigenvalue weighted by Gasteiger charge is -2.21. The lowest BCUT2D eigenvalue weighted by molar-refractivity contribution is -0.308. The van der Waals surface area contributed by atoms with Crippen LogP contribution in [-0.4, -0.2) is 35.8 Å². The normalized spacial score (nSPS) is 12.7. The average molecular weight is 488 g/mol. The number of thioether (sulfide) groups is 1. The third kappa shape index (κ3) is 8.26. The zero-order chi connectivity index (χ0) is 24.6. The minimum Gasteiger partial charge on any atom is -0.548 e. The smallest absolute Gasteiger partial charge is 0.268 e. The van der Waals surface area contributed by atoms with Crippen molar-refractivity contribution >= 4 is 47.2 Å². The number of amides is 2. The van der Waals surface area contributed by atoms with Gasteiger partial charge in [0.2, 0.25) is 0 Å². The van der Waals surface area contributed by atoms with Gasteiger partial charge in [-0.25, -0.2) is 0 Å². The van der Waals surface area contributed by atoms with Crippen LogP contribution in [0.3, 0.4) is 0 Å². The predicted octanol–water partition coefficient (Wildman–Crippen LogP) is 3.40. The Labute approximate surface area is 203 Å². The summed E-state index contributed by atoms with van der Waals surface area (Å²) < 4.78 is 0. The molecule has 0 saturated heterocycles. The molecule has 0 bridgehead atoms. The van der Waals surface area contributed by atoms with Gasteiger partial charge in [0.25, 0.3) is 11.8 Å². The fraction of sp³-hybridized carbons (Fsp3) is 0.320. The number of carboxylic acid groups (broad SMARTS) is 1. The van der Waals surface area contributed by atoms with Gasteiger partial charge in [0.1, 0.15) is 5.70 Å². The largest absolute Gasteiger partial charge is 0.548 e. The van der Waals surface area contributed by atoms with Gasteiger partial charge in [-0.3, -0.25) is 9.59 Å². The zero-order valence-electron chi connectivity index (χ0n) is 19.1. The molecule has 2 aromatic rings. The molecule has 0 fully saturated rings. The van der Waals surface area contributed by atoms with Gasteiger partial charge < -0.3 is 20.5 Å². The first-order valence-corrected chi connectivity index (χ1v) is 12.2. The molecule has 176 valence electrons. The van der Waals surface area contributed by atoms with Crippen molar-refractivity contribution in [3.05, 3.63) is 75.9 Å². The molecule has 0 radical (unpaired) electrons. The number of halogens is 1. The molecular weight excluding hydrogens is 460 g/mol. The van der Waals surface area contributed by atoms with Crippen LogP contribution in [0.1, 0.15) is 48.7 Å². The lowest BCUT2D eigenvalue weighted by atomic mass is 9.87. The molecule has 33 heavy (non-hydrogen) atoms. The molecular formula is C25H28ClN2O4S-. The van der Waals surface area contributed by atoms with Crippen molar-refractivity contribution < 1.29 is 19.5 Å². The van der Waals surface area contributed by atoms with Crippen LogP contribution in [0.15, 0.2) is 54.2 Å². The van der Waals surface area contributed by atoms with E-state index in [1.54, 1.807) is 36.4 Å². The van der Waals surface area contributed by atoms with E-state index in [0.29, 0.717) is 21.9 Å². The predicted molar refractivity (Wildman–Crippen MR) is 132 cm³/mol. The monoisotopic (exact) mass is 487 g/mol. The van der Waals surface area contributed by atoms with Gasteiger partial charge in [-0.15, -0.1) is 0 Å². The summed E-state index contributed by atoms with van der Waals surface area (Å²) in [6.07, 6.45) is 3.50. The van der Waals surface area contributed by atoms with Crippen LogP contribution in [0.5, 0.6) is 0 Å². The summed E-state index contributed by atoms with van der Waals surface area (Å²) >= 11 is 7.39. The molecule has 2 N–H and O–H groups in total. The summed E-state index contributed by atoms with van der Waals surface area (Å²) in [5.74, 6) is -2.06. The molecule has 2 rings (SSSR count). The van der Waals surface area contributed by atoms with E-state index >= 15 is 0 Å². The van der Waals surface area contributed by atoms with Crippen molar-refractivity contribution in [1.29, 1.82) is 0 Å². The Balaban J connectivity index is 2.30. The van der Waals surface area contributed by atoms with Gasteiger partial charge in [-0.2, -0.15) is 11.8 Å². The number of hydrogen-bond donors (Lipinski definition) is 2. The second-order valence-corrected chi connectivity index (χ2v) is 9.94. The molecule has 2 aromatic carbocycles. The second kappa shape index (κ2) is 11.9. The first-order chi connectivity index (χ1) is 15.5. The van der Waals surface area contributed by atoms with E-state index < -0.39 is 23.8 Å². The van der Waals surface area contributed by atoms with E-state index in [9.17, 15) is 19.5 Å². The number of rotatable bonds is 9. The van der Waals surface area contributed by atoms with E-state index in [0.717, 1.165) is 5.56 Å². The molecule has 0 spiro atoms. The van der Waals surface area contributed by atoms with Crippen LogP contribution in [0.25, 0.3) is 6.08 Å². The number of nitrogens with one attached hydrogen (secondary N) is 2. The Kier molecular flexibility index (Phi) is 9.56. The van der Waals surface area contributed by atoms with Crippen LogP contribution in [0.2, 0.25) is 5.02 Å². The third-order valence-corrected chi connectivity index (χ3v) is 5.78. The Morgan fingerprint density at radius 2 is 1.67 bits per heavy atom. The summed E-state index contributed by atoms with van der Waals surface area (Å²) in [4.78, 5) is 37.3. The summed E-state index contributed by atoms with van der Waals surface area (Å²) in [7, 11) is 0. The maximum Gasteiger partial charge on any atom is 0.268 e. The van der Waals surface area contributed by atoms with E-state index in [-0.39, 0.29) is 17.5 Å². The van der Waals surface area contributed by atoms with Crippen molar-refractivity contribution in [1.82, 2.24) is 10.6 Å². The summed E-state index contributed by atoms with van der Waals surface area (Å²) in [5.41, 5.74) is 1.90. The SMILES string of the molecule is CSCC[C@H](NC(=O)/C(=C\c1ccc(Cl)cc1)NC(=O)c1ccc(C(C)(C)C)cc1)C(=O)[O-]. The Bertz CT molecular complexity index is 1010. The molecule has 0 aromatic heterocycles. The Morgan fingerprint density at radius 1 is 1.06 bits per heavy atom. The zero-order valence-corrected chi connectivity index (χ0v) is 20.7. The van der Waals surface area contributed by atoms with Crippen LogP contribution in [0, 0.1) is 0 Å². The van der Waals surface area contributed by atoms with Crippen LogP contribution in [0.4, 0.5) is 0 Å². The number of aliphatic carboxylic acids is 1. The van der Waals surface area contributed by atoms with E-state index in [1.165, 1.54) is 17.8 Å². The van der Waals surface area contributed by atoms with E-state index in [1.807, 2.05) is 18.4 Å². The molecule has 0 aliphatic carbocycles. The third-order valence-electron chi connectivity index (χ3n) is 4.89. The van der Waals surface area contributed by atoms with Gasteiger partial charge in [0.15, 0.2) is 0 Å². The fourth-order valence-electron chi connectivity index (χ4n) is 2.92. The highest BCUT2D eigenvalue weighted by Gasteiger charge is 2.20. The van der Waals surface area contributed by atoms with Crippen LogP contribution < -0.4 is 15.7 Å². The molecule has 6 nitrogen and oxygen atoms in total. The van der Waals surface area contributed by atoms with Gasteiger partial charge in [0.05, 0.1) is 12.0 Å². The molecule has 0 saturated carbocycles. The molecule has 0 aliphatic rings. The minimum absolute atomic E-state index is 0.0643. The number of benzene rings is 2. The number of carbonyl (C=O) groups excluding carboxylic acids is 3. The lowest BCUT2D eigenvalue weighted by Crippen LogP contribution is -2.50. The standard InChI is InChI=1S/C25H29ClN2O4S/c1-25(2,3)18-9-7-17(8-10-18)22(29)28-21(15-16-5-11-19(26)12-6-16)23(30)27-20(24(31)32)13-14-33-4/h5-12,15,20H,13-14H2,1-4H3,(H,27,30)(H,28,29)(H,31,32)/p-1/b21-15+/t20-/m0/s1. The number of carbonyl (C=O) groups is 3. The molecule has 0 aliphatic heterocycles. The summed E-state index contributed by atoms with van der Waals surface area (Å²) in [5, 5.41) is 17.0. The fourth-order valence-corrected chi connectivity index (χ4v) is 3.52. The highest BCUT2D eigenvalue weighted by Crippen LogP contribution is 2.22.